The zero-order valence-corrected chi connectivity index (χ0v) is 12.1. The van der Waals surface area contributed by atoms with E-state index in [0.717, 1.165) is 0 Å². The molecule has 0 aliphatic heterocycles. The van der Waals surface area contributed by atoms with Gasteiger partial charge < -0.3 is 15.2 Å². The summed E-state index contributed by atoms with van der Waals surface area (Å²) in [5.41, 5.74) is 5.07. The molecule has 1 unspecified atom stereocenters. The number of hydrogen-bond acceptors (Lipinski definition) is 4. The molecule has 0 saturated heterocycles. The highest BCUT2D eigenvalue weighted by atomic mass is 16.5. The van der Waals surface area contributed by atoms with Gasteiger partial charge in [-0.05, 0) is 43.0 Å². The summed E-state index contributed by atoms with van der Waals surface area (Å²) >= 11 is 0. The Balaban J connectivity index is 2.45. The number of benzene rings is 1. The zero-order chi connectivity index (χ0) is 14.4. The van der Waals surface area contributed by atoms with E-state index >= 15 is 0 Å². The molecular formula is C15H23NO3. The summed E-state index contributed by atoms with van der Waals surface area (Å²) < 4.78 is 4.51. The van der Waals surface area contributed by atoms with Crippen molar-refractivity contribution in [2.75, 3.05) is 13.7 Å². The van der Waals surface area contributed by atoms with Crippen LogP contribution in [-0.2, 0) is 16.1 Å². The van der Waals surface area contributed by atoms with Crippen molar-refractivity contribution in [3.05, 3.63) is 34.4 Å². The average molecular weight is 265 g/mol. The molecule has 1 aromatic rings. The second-order valence-electron chi connectivity index (χ2n) is 4.86. The van der Waals surface area contributed by atoms with E-state index in [9.17, 15) is 9.90 Å². The van der Waals surface area contributed by atoms with E-state index in [2.05, 4.69) is 43.0 Å². The van der Waals surface area contributed by atoms with Crippen molar-refractivity contribution < 1.29 is 14.6 Å². The molecule has 0 spiro atoms. The van der Waals surface area contributed by atoms with Gasteiger partial charge in [0.25, 0.3) is 0 Å². The van der Waals surface area contributed by atoms with Crippen molar-refractivity contribution in [3.8, 4) is 0 Å². The maximum Gasteiger partial charge on any atom is 0.308 e. The van der Waals surface area contributed by atoms with Gasteiger partial charge in [0.05, 0.1) is 19.6 Å². The highest BCUT2D eigenvalue weighted by Gasteiger charge is 2.10. The SMILES string of the molecule is COC(=O)CC(O)CNCc1ccc(C)c(C)c1C. The molecule has 106 valence electrons. The maximum atomic E-state index is 11.0. The fourth-order valence-electron chi connectivity index (χ4n) is 1.93. The lowest BCUT2D eigenvalue weighted by Crippen LogP contribution is -2.29. The smallest absolute Gasteiger partial charge is 0.308 e. The van der Waals surface area contributed by atoms with Crippen molar-refractivity contribution in [1.29, 1.82) is 0 Å². The molecule has 0 heterocycles. The number of aliphatic hydroxyl groups is 1. The molecular weight excluding hydrogens is 242 g/mol. The van der Waals surface area contributed by atoms with Crippen LogP contribution in [-0.4, -0.2) is 30.8 Å². The maximum absolute atomic E-state index is 11.0. The first kappa shape index (κ1) is 15.7. The van der Waals surface area contributed by atoms with Gasteiger partial charge in [0.1, 0.15) is 0 Å². The standard InChI is InChI=1S/C15H23NO3/c1-10-5-6-13(12(3)11(10)2)8-16-9-14(17)7-15(18)19-4/h5-6,14,16-17H,7-9H2,1-4H3. The Morgan fingerprint density at radius 1 is 1.32 bits per heavy atom. The van der Waals surface area contributed by atoms with Crippen LogP contribution in [0.15, 0.2) is 12.1 Å². The van der Waals surface area contributed by atoms with Crippen LogP contribution in [0.4, 0.5) is 0 Å². The lowest BCUT2D eigenvalue weighted by atomic mass is 9.99. The lowest BCUT2D eigenvalue weighted by molar-refractivity contribution is -0.142. The normalized spacial score (nSPS) is 12.3. The molecule has 0 aromatic heterocycles. The monoisotopic (exact) mass is 265 g/mol. The van der Waals surface area contributed by atoms with Gasteiger partial charge in [-0.2, -0.15) is 0 Å². The van der Waals surface area contributed by atoms with E-state index in [1.807, 2.05) is 0 Å². The van der Waals surface area contributed by atoms with Gasteiger partial charge >= 0.3 is 5.97 Å². The largest absolute Gasteiger partial charge is 0.469 e. The first-order valence-corrected chi connectivity index (χ1v) is 6.47. The van der Waals surface area contributed by atoms with Gasteiger partial charge in [-0.25, -0.2) is 0 Å². The van der Waals surface area contributed by atoms with Gasteiger partial charge in [0, 0.05) is 13.1 Å². The zero-order valence-electron chi connectivity index (χ0n) is 12.1. The summed E-state index contributed by atoms with van der Waals surface area (Å²) in [6.45, 7) is 7.37. The molecule has 0 bridgehead atoms. The van der Waals surface area contributed by atoms with Crippen molar-refractivity contribution >= 4 is 5.97 Å². The molecule has 19 heavy (non-hydrogen) atoms. The van der Waals surface area contributed by atoms with Gasteiger partial charge in [0.15, 0.2) is 0 Å². The number of carbonyl (C=O) groups excluding carboxylic acids is 1. The van der Waals surface area contributed by atoms with Crippen LogP contribution >= 0.6 is 0 Å². The van der Waals surface area contributed by atoms with Crippen LogP contribution in [0.2, 0.25) is 0 Å². The number of nitrogens with one attached hydrogen (secondary N) is 1. The fourth-order valence-corrected chi connectivity index (χ4v) is 1.93. The lowest BCUT2D eigenvalue weighted by Gasteiger charge is -2.14. The average Bonchev–Trinajstić information content (AvgIpc) is 2.38. The third-order valence-corrected chi connectivity index (χ3v) is 3.50. The number of hydrogen-bond donors (Lipinski definition) is 2. The molecule has 0 aliphatic rings. The molecule has 0 amide bonds. The summed E-state index contributed by atoms with van der Waals surface area (Å²) in [6.07, 6.45) is -0.686. The van der Waals surface area contributed by atoms with Crippen LogP contribution < -0.4 is 5.32 Å². The third kappa shape index (κ3) is 4.65. The molecule has 4 nitrogen and oxygen atoms in total. The van der Waals surface area contributed by atoms with Crippen LogP contribution in [0.1, 0.15) is 28.7 Å². The molecule has 4 heteroatoms. The van der Waals surface area contributed by atoms with Gasteiger partial charge in [-0.3, -0.25) is 4.79 Å². The minimum absolute atomic E-state index is 0.0232. The van der Waals surface area contributed by atoms with E-state index in [4.69, 9.17) is 0 Å². The highest BCUT2D eigenvalue weighted by molar-refractivity contribution is 5.69. The number of ether oxygens (including phenoxy) is 1. The Bertz CT molecular complexity index is 443. The second kappa shape index (κ2) is 7.26. The number of esters is 1. The molecule has 1 atom stereocenters. The predicted molar refractivity (Wildman–Crippen MR) is 75.0 cm³/mol. The fraction of sp³-hybridized carbons (Fsp3) is 0.533. The van der Waals surface area contributed by atoms with E-state index < -0.39 is 12.1 Å². The minimum atomic E-state index is -0.709. The number of carbonyl (C=O) groups is 1. The Kier molecular flexibility index (Phi) is 5.99. The number of rotatable bonds is 6. The molecule has 2 N–H and O–H groups in total. The topological polar surface area (TPSA) is 58.6 Å². The van der Waals surface area contributed by atoms with Crippen molar-refractivity contribution in [2.24, 2.45) is 0 Å². The Labute approximate surface area is 114 Å². The first-order valence-electron chi connectivity index (χ1n) is 6.47. The molecule has 0 radical (unpaired) electrons. The minimum Gasteiger partial charge on any atom is -0.469 e. The summed E-state index contributed by atoms with van der Waals surface area (Å²) in [7, 11) is 1.32. The summed E-state index contributed by atoms with van der Waals surface area (Å²) in [5, 5.41) is 12.8. The van der Waals surface area contributed by atoms with Crippen LogP contribution in [0, 0.1) is 20.8 Å². The molecule has 1 rings (SSSR count). The number of aliphatic hydroxyl groups excluding tert-OH is 1. The summed E-state index contributed by atoms with van der Waals surface area (Å²) in [5.74, 6) is -0.392. The van der Waals surface area contributed by atoms with E-state index in [-0.39, 0.29) is 6.42 Å². The summed E-state index contributed by atoms with van der Waals surface area (Å²) in [4.78, 5) is 11.0. The van der Waals surface area contributed by atoms with E-state index in [1.54, 1.807) is 0 Å². The number of aryl methyl sites for hydroxylation is 1. The Hall–Kier alpha value is -1.39. The van der Waals surface area contributed by atoms with Crippen molar-refractivity contribution in [2.45, 2.75) is 39.8 Å². The Morgan fingerprint density at radius 2 is 2.00 bits per heavy atom. The summed E-state index contributed by atoms with van der Waals surface area (Å²) in [6, 6.07) is 4.20. The van der Waals surface area contributed by atoms with Crippen molar-refractivity contribution in [1.82, 2.24) is 5.32 Å². The molecule has 0 fully saturated rings. The van der Waals surface area contributed by atoms with Gasteiger partial charge in [-0.1, -0.05) is 12.1 Å². The third-order valence-electron chi connectivity index (χ3n) is 3.50. The van der Waals surface area contributed by atoms with Gasteiger partial charge in [0.2, 0.25) is 0 Å². The van der Waals surface area contributed by atoms with Crippen LogP contribution in [0.25, 0.3) is 0 Å². The molecule has 1 aromatic carbocycles. The van der Waals surface area contributed by atoms with Crippen LogP contribution in [0.3, 0.4) is 0 Å². The molecule has 0 saturated carbocycles. The van der Waals surface area contributed by atoms with Crippen molar-refractivity contribution in [3.63, 3.8) is 0 Å². The predicted octanol–water partition coefficient (Wildman–Crippen LogP) is 1.63. The first-order chi connectivity index (χ1) is 8.95. The number of methoxy groups -OCH3 is 1. The molecule has 0 aliphatic carbocycles. The van der Waals surface area contributed by atoms with E-state index in [0.29, 0.717) is 13.1 Å². The van der Waals surface area contributed by atoms with Gasteiger partial charge in [-0.15, -0.1) is 0 Å². The van der Waals surface area contributed by atoms with E-state index in [1.165, 1.54) is 29.4 Å². The van der Waals surface area contributed by atoms with Crippen LogP contribution in [0.5, 0.6) is 0 Å². The Morgan fingerprint density at radius 3 is 2.63 bits per heavy atom. The second-order valence-corrected chi connectivity index (χ2v) is 4.86. The quantitative estimate of drug-likeness (QED) is 0.768. The highest BCUT2D eigenvalue weighted by Crippen LogP contribution is 2.16.